The molecule has 5 aromatic rings. The van der Waals surface area contributed by atoms with Crippen molar-refractivity contribution >= 4 is 73.2 Å². The molecule has 0 atom stereocenters. The number of fused-ring (bicyclic) bond motifs is 2. The molecule has 13 heteroatoms. The summed E-state index contributed by atoms with van der Waals surface area (Å²) in [5, 5.41) is 10.1. The fourth-order valence-electron chi connectivity index (χ4n) is 4.64. The van der Waals surface area contributed by atoms with Crippen molar-refractivity contribution in [3.63, 3.8) is 0 Å². The minimum absolute atomic E-state index is 0.146. The minimum atomic E-state index is -0.435. The quantitative estimate of drug-likeness (QED) is 0.151. The molecule has 5 rings (SSSR count). The van der Waals surface area contributed by atoms with Gasteiger partial charge in [0.1, 0.15) is 5.69 Å². The summed E-state index contributed by atoms with van der Waals surface area (Å²) in [6, 6.07) is 14.2. The first-order chi connectivity index (χ1) is 21.1. The smallest absolute Gasteiger partial charge is 0.354 e. The number of carbonyl (C=O) groups excluding carboxylic acids is 4. The van der Waals surface area contributed by atoms with Gasteiger partial charge in [0.2, 0.25) is 11.7 Å². The number of rotatable bonds is 11. The molecule has 12 nitrogen and oxygen atoms in total. The number of aryl methyl sites for hydroxylation is 1. The molecule has 0 radical (unpaired) electrons. The van der Waals surface area contributed by atoms with Crippen LogP contribution in [0.15, 0.2) is 54.7 Å². The molecule has 4 N–H and O–H groups in total. The van der Waals surface area contributed by atoms with Crippen LogP contribution in [0.2, 0.25) is 0 Å². The van der Waals surface area contributed by atoms with Crippen molar-refractivity contribution in [2.75, 3.05) is 43.2 Å². The van der Waals surface area contributed by atoms with Crippen LogP contribution in [-0.2, 0) is 16.6 Å². The first-order valence-corrected chi connectivity index (χ1v) is 14.9. The van der Waals surface area contributed by atoms with E-state index in [0.29, 0.717) is 34.2 Å². The number of anilines is 3. The lowest BCUT2D eigenvalue weighted by Gasteiger charge is -2.08. The molecule has 0 aliphatic heterocycles. The van der Waals surface area contributed by atoms with E-state index in [4.69, 9.17) is 4.74 Å². The van der Waals surface area contributed by atoms with Crippen LogP contribution >= 0.6 is 11.3 Å². The van der Waals surface area contributed by atoms with E-state index in [1.54, 1.807) is 67.2 Å². The molecule has 3 aromatic heterocycles. The van der Waals surface area contributed by atoms with Crippen molar-refractivity contribution in [1.29, 1.82) is 0 Å². The Morgan fingerprint density at radius 1 is 0.955 bits per heavy atom. The van der Waals surface area contributed by atoms with E-state index >= 15 is 0 Å². The van der Waals surface area contributed by atoms with Crippen molar-refractivity contribution in [1.82, 2.24) is 19.4 Å². The second-order valence-corrected chi connectivity index (χ2v) is 11.6. The Morgan fingerprint density at radius 2 is 1.68 bits per heavy atom. The Kier molecular flexibility index (Phi) is 9.07. The second-order valence-electron chi connectivity index (χ2n) is 10.5. The summed E-state index contributed by atoms with van der Waals surface area (Å²) in [5.41, 5.74) is 2.23. The van der Waals surface area contributed by atoms with Gasteiger partial charge in [0.05, 0.1) is 11.5 Å². The van der Waals surface area contributed by atoms with E-state index < -0.39 is 11.9 Å². The number of carbonyl (C=O) groups is 4. The second kappa shape index (κ2) is 13.1. The van der Waals surface area contributed by atoms with Gasteiger partial charge < -0.3 is 35.1 Å². The van der Waals surface area contributed by atoms with Crippen molar-refractivity contribution in [2.24, 2.45) is 7.05 Å². The van der Waals surface area contributed by atoms with Crippen LogP contribution in [0.25, 0.3) is 21.0 Å². The molecule has 0 aliphatic carbocycles. The van der Waals surface area contributed by atoms with Gasteiger partial charge in [-0.2, -0.15) is 0 Å². The maximum atomic E-state index is 13.1. The van der Waals surface area contributed by atoms with E-state index in [9.17, 15) is 19.2 Å². The number of nitrogens with zero attached hydrogens (tertiary/aromatic N) is 3. The molecule has 0 aliphatic rings. The van der Waals surface area contributed by atoms with Gasteiger partial charge in [-0.05, 0) is 87.9 Å². The topological polar surface area (TPSA) is 150 Å². The van der Waals surface area contributed by atoms with Gasteiger partial charge in [0, 0.05) is 46.6 Å². The molecule has 0 saturated carbocycles. The lowest BCUT2D eigenvalue weighted by Crippen LogP contribution is -2.18. The zero-order valence-corrected chi connectivity index (χ0v) is 25.6. The number of hydrogen-bond donors (Lipinski definition) is 4. The first-order valence-electron chi connectivity index (χ1n) is 14.0. The molecular weight excluding hydrogens is 582 g/mol. The van der Waals surface area contributed by atoms with E-state index in [-0.39, 0.29) is 24.2 Å². The Labute approximate surface area is 257 Å². The number of esters is 1. The van der Waals surface area contributed by atoms with E-state index in [1.807, 2.05) is 25.1 Å². The molecule has 3 amide bonds. The zero-order valence-electron chi connectivity index (χ0n) is 24.8. The number of amides is 3. The number of H-pyrrole nitrogens is 1. The van der Waals surface area contributed by atoms with Crippen LogP contribution in [-0.4, -0.2) is 70.4 Å². The normalized spacial score (nSPS) is 11.2. The number of hydrogen-bond acceptors (Lipinski definition) is 8. The van der Waals surface area contributed by atoms with Crippen molar-refractivity contribution < 1.29 is 23.9 Å². The summed E-state index contributed by atoms with van der Waals surface area (Å²) in [6.07, 6.45) is 2.67. The average Bonchev–Trinajstić information content (AvgIpc) is 3.69. The highest BCUT2D eigenvalue weighted by molar-refractivity contribution is 7.20. The maximum Gasteiger partial charge on any atom is 0.354 e. The van der Waals surface area contributed by atoms with Crippen LogP contribution in [0.3, 0.4) is 0 Å². The number of aromatic amines is 1. The number of nitrogens with one attached hydrogen (secondary N) is 4. The lowest BCUT2D eigenvalue weighted by atomic mass is 10.2. The Bertz CT molecular complexity index is 1870. The fraction of sp³-hybridized carbons (Fsp3) is 0.258. The number of aromatic nitrogens is 3. The van der Waals surface area contributed by atoms with E-state index in [1.165, 1.54) is 11.3 Å². The molecule has 44 heavy (non-hydrogen) atoms. The number of imidazole rings is 1. The molecule has 0 bridgehead atoms. The number of thiophene rings is 1. The largest absolute Gasteiger partial charge is 0.461 e. The fourth-order valence-corrected chi connectivity index (χ4v) is 5.58. The van der Waals surface area contributed by atoms with Gasteiger partial charge in [-0.1, -0.05) is 0 Å². The Morgan fingerprint density at radius 3 is 2.43 bits per heavy atom. The zero-order chi connectivity index (χ0) is 31.4. The van der Waals surface area contributed by atoms with E-state index in [0.717, 1.165) is 34.0 Å². The predicted molar refractivity (Wildman–Crippen MR) is 172 cm³/mol. The highest BCUT2D eigenvalue weighted by atomic mass is 32.1. The van der Waals surface area contributed by atoms with Gasteiger partial charge in [-0.15, -0.1) is 11.3 Å². The average molecular weight is 616 g/mol. The summed E-state index contributed by atoms with van der Waals surface area (Å²) in [7, 11) is 5.58. The molecule has 3 heterocycles. The minimum Gasteiger partial charge on any atom is -0.461 e. The molecular formula is C31H33N7O5S. The van der Waals surface area contributed by atoms with Crippen LogP contribution in [0.1, 0.15) is 50.5 Å². The molecule has 0 saturated heterocycles. The van der Waals surface area contributed by atoms with Gasteiger partial charge in [-0.25, -0.2) is 9.78 Å². The van der Waals surface area contributed by atoms with Gasteiger partial charge in [0.15, 0.2) is 5.82 Å². The molecule has 0 fully saturated rings. The summed E-state index contributed by atoms with van der Waals surface area (Å²) in [6.45, 7) is 2.83. The third-order valence-corrected chi connectivity index (χ3v) is 7.84. The van der Waals surface area contributed by atoms with Crippen LogP contribution in [0.4, 0.5) is 17.2 Å². The van der Waals surface area contributed by atoms with E-state index in [2.05, 4.69) is 25.9 Å². The highest BCUT2D eigenvalue weighted by Crippen LogP contribution is 2.29. The van der Waals surface area contributed by atoms with Crippen LogP contribution in [0.5, 0.6) is 0 Å². The third kappa shape index (κ3) is 7.13. The monoisotopic (exact) mass is 615 g/mol. The highest BCUT2D eigenvalue weighted by Gasteiger charge is 2.17. The van der Waals surface area contributed by atoms with Gasteiger partial charge in [0.25, 0.3) is 11.8 Å². The summed E-state index contributed by atoms with van der Waals surface area (Å²) >= 11 is 1.33. The predicted octanol–water partition coefficient (Wildman–Crippen LogP) is 5.08. The van der Waals surface area contributed by atoms with Crippen LogP contribution < -0.4 is 16.0 Å². The Hall–Kier alpha value is -5.01. The number of ether oxygens (including phenoxy) is 1. The summed E-state index contributed by atoms with van der Waals surface area (Å²) < 4.78 is 7.48. The van der Waals surface area contributed by atoms with Crippen molar-refractivity contribution in [3.05, 3.63) is 71.1 Å². The van der Waals surface area contributed by atoms with Crippen molar-refractivity contribution in [2.45, 2.75) is 19.8 Å². The molecule has 0 spiro atoms. The third-order valence-electron chi connectivity index (χ3n) is 6.73. The SMILES string of the molecule is CCOC(=O)c1cc2cc(NC(=O)c3cc4cc(NC(=O)c5nc(NC(=O)CCCN(C)C)cn5C)ccc4s3)ccc2[nH]1. The standard InChI is InChI=1S/C31H33N7O5S/c1-5-43-31(42)23-15-18-13-20(8-10-22(18)34-23)32-29(40)25-16-19-14-21(9-11-24(19)44-25)33-30(41)28-36-26(17-38(28)4)35-27(39)7-6-12-37(2)3/h8-11,13-17,34H,5-7,12H2,1-4H3,(H,32,40)(H,33,41)(H,35,39). The summed E-state index contributed by atoms with van der Waals surface area (Å²) in [5.74, 6) is -0.844. The molecule has 0 unspecified atom stereocenters. The van der Waals surface area contributed by atoms with Gasteiger partial charge in [-0.3, -0.25) is 14.4 Å². The Balaban J connectivity index is 1.23. The van der Waals surface area contributed by atoms with Gasteiger partial charge >= 0.3 is 5.97 Å². The molecule has 2 aromatic carbocycles. The lowest BCUT2D eigenvalue weighted by molar-refractivity contribution is -0.116. The first kappa shape index (κ1) is 30.4. The number of benzene rings is 2. The summed E-state index contributed by atoms with van der Waals surface area (Å²) in [4.78, 5) is 60.1. The van der Waals surface area contributed by atoms with Crippen molar-refractivity contribution in [3.8, 4) is 0 Å². The molecule has 228 valence electrons. The van der Waals surface area contributed by atoms with Crippen LogP contribution in [0, 0.1) is 0 Å². The maximum absolute atomic E-state index is 13.1.